The van der Waals surface area contributed by atoms with Crippen molar-refractivity contribution in [2.24, 2.45) is 0 Å². The van der Waals surface area contributed by atoms with Gasteiger partial charge in [0.2, 0.25) is 0 Å². The average molecular weight is 749 g/mol. The van der Waals surface area contributed by atoms with Crippen LogP contribution in [0.25, 0.3) is 33.4 Å². The predicted molar refractivity (Wildman–Crippen MR) is 218 cm³/mol. The standard InChI is InChI=1S/C48H45O6P/c1-49-28-46(40-22-10-4-16-34(40)35-17-5-11-23-41(35)46)31-52-55(53-32-47(29-50-2)42-24-12-6-18-36(42)37-19-7-13-25-43(37)47)54-33-48(30-51-3)44-26-14-8-20-38(44)39-21-9-15-27-45(39)48/h4-27H,28-33H2,1-3H3. The molecule has 6 nitrogen and oxygen atoms in total. The van der Waals surface area contributed by atoms with Crippen LogP contribution in [0, 0.1) is 0 Å². The second-order valence-corrected chi connectivity index (χ2v) is 16.1. The number of ether oxygens (including phenoxy) is 3. The molecule has 9 rings (SSSR count). The van der Waals surface area contributed by atoms with Gasteiger partial charge in [0.25, 0.3) is 0 Å². The summed E-state index contributed by atoms with van der Waals surface area (Å²) in [6.45, 7) is 2.22. The van der Waals surface area contributed by atoms with Crippen molar-refractivity contribution in [1.82, 2.24) is 0 Å². The lowest BCUT2D eigenvalue weighted by Crippen LogP contribution is -2.38. The largest absolute Gasteiger partial charge is 0.383 e. The number of hydrogen-bond donors (Lipinski definition) is 0. The second-order valence-electron chi connectivity index (χ2n) is 14.9. The van der Waals surface area contributed by atoms with Crippen LogP contribution in [0.1, 0.15) is 33.4 Å². The maximum Gasteiger partial charge on any atom is 0.332 e. The van der Waals surface area contributed by atoms with Crippen molar-refractivity contribution < 1.29 is 27.8 Å². The Morgan fingerprint density at radius 2 is 0.509 bits per heavy atom. The van der Waals surface area contributed by atoms with E-state index in [4.69, 9.17) is 27.8 Å². The van der Waals surface area contributed by atoms with Gasteiger partial charge in [-0.25, -0.2) is 0 Å². The molecular weight excluding hydrogens is 703 g/mol. The normalized spacial score (nSPS) is 15.9. The molecule has 0 saturated carbocycles. The van der Waals surface area contributed by atoms with Crippen molar-refractivity contribution in [2.75, 3.05) is 61.0 Å². The third kappa shape index (κ3) is 5.74. The fraction of sp³-hybridized carbons (Fsp3) is 0.250. The van der Waals surface area contributed by atoms with E-state index in [0.29, 0.717) is 39.6 Å². The van der Waals surface area contributed by atoms with Crippen LogP contribution in [0.5, 0.6) is 0 Å². The third-order valence-electron chi connectivity index (χ3n) is 11.9. The van der Waals surface area contributed by atoms with Gasteiger partial charge in [0.15, 0.2) is 0 Å². The highest BCUT2D eigenvalue weighted by atomic mass is 31.2. The van der Waals surface area contributed by atoms with Crippen molar-refractivity contribution >= 4 is 8.60 Å². The minimum absolute atomic E-state index is 0.301. The first kappa shape index (κ1) is 36.2. The highest BCUT2D eigenvalue weighted by Gasteiger charge is 2.48. The van der Waals surface area contributed by atoms with Gasteiger partial charge in [-0.2, -0.15) is 0 Å². The Hall–Kier alpha value is -4.49. The van der Waals surface area contributed by atoms with Crippen molar-refractivity contribution in [2.45, 2.75) is 16.2 Å². The van der Waals surface area contributed by atoms with Crippen LogP contribution >= 0.6 is 8.60 Å². The first-order valence-corrected chi connectivity index (χ1v) is 19.9. The van der Waals surface area contributed by atoms with Gasteiger partial charge < -0.3 is 27.8 Å². The maximum atomic E-state index is 7.07. The Bertz CT molecular complexity index is 1940. The van der Waals surface area contributed by atoms with E-state index >= 15 is 0 Å². The van der Waals surface area contributed by atoms with E-state index in [-0.39, 0.29) is 0 Å². The molecule has 0 heterocycles. The van der Waals surface area contributed by atoms with E-state index in [9.17, 15) is 0 Å². The Kier molecular flexibility index (Phi) is 9.78. The third-order valence-corrected chi connectivity index (χ3v) is 13.0. The topological polar surface area (TPSA) is 55.4 Å². The van der Waals surface area contributed by atoms with Gasteiger partial charge in [-0.1, -0.05) is 146 Å². The lowest BCUT2D eigenvalue weighted by Gasteiger charge is -2.36. The number of fused-ring (bicyclic) bond motifs is 9. The molecule has 0 amide bonds. The minimum Gasteiger partial charge on any atom is -0.383 e. The maximum absolute atomic E-state index is 7.07. The fourth-order valence-corrected chi connectivity index (χ4v) is 10.8. The SMILES string of the molecule is COCC1(COP(OCC2(COC)c3ccccc3-c3ccccc32)OCC2(COC)c3ccccc3-c3ccccc32)c2ccccc2-c2ccccc21. The monoisotopic (exact) mass is 748 g/mol. The number of benzene rings is 6. The van der Waals surface area contributed by atoms with Crippen molar-refractivity contribution in [1.29, 1.82) is 0 Å². The summed E-state index contributed by atoms with van der Waals surface area (Å²) in [4.78, 5) is 0. The summed E-state index contributed by atoms with van der Waals surface area (Å²) in [6, 6.07) is 51.4. The zero-order chi connectivity index (χ0) is 37.5. The molecule has 3 aliphatic carbocycles. The van der Waals surface area contributed by atoms with Gasteiger partial charge in [-0.05, 0) is 66.8 Å². The molecule has 7 heteroatoms. The highest BCUT2D eigenvalue weighted by molar-refractivity contribution is 7.41. The molecule has 6 aromatic rings. The lowest BCUT2D eigenvalue weighted by atomic mass is 9.80. The first-order valence-electron chi connectivity index (χ1n) is 18.8. The molecule has 278 valence electrons. The van der Waals surface area contributed by atoms with Gasteiger partial charge in [-0.3, -0.25) is 0 Å². The van der Waals surface area contributed by atoms with Crippen molar-refractivity contribution in [3.8, 4) is 33.4 Å². The van der Waals surface area contributed by atoms with Gasteiger partial charge in [-0.15, -0.1) is 0 Å². The van der Waals surface area contributed by atoms with Crippen LogP contribution < -0.4 is 0 Å². The van der Waals surface area contributed by atoms with Crippen LogP contribution in [0.2, 0.25) is 0 Å². The zero-order valence-electron chi connectivity index (χ0n) is 31.5. The van der Waals surface area contributed by atoms with Gasteiger partial charge in [0, 0.05) is 21.3 Å². The van der Waals surface area contributed by atoms with E-state index in [0.717, 1.165) is 0 Å². The second kappa shape index (κ2) is 14.9. The Morgan fingerprint density at radius 1 is 0.309 bits per heavy atom. The van der Waals surface area contributed by atoms with Gasteiger partial charge in [0.05, 0.1) is 55.9 Å². The smallest absolute Gasteiger partial charge is 0.332 e. The Morgan fingerprint density at radius 3 is 0.709 bits per heavy atom. The van der Waals surface area contributed by atoms with E-state index < -0.39 is 24.8 Å². The predicted octanol–water partition coefficient (Wildman–Crippen LogP) is 10.1. The molecule has 0 atom stereocenters. The number of hydrogen-bond acceptors (Lipinski definition) is 6. The summed E-state index contributed by atoms with van der Waals surface area (Å²) in [5.41, 5.74) is 12.5. The fourth-order valence-electron chi connectivity index (χ4n) is 9.64. The molecular formula is C48H45O6P. The molecule has 0 unspecified atom stereocenters. The summed E-state index contributed by atoms with van der Waals surface area (Å²) >= 11 is 0. The minimum atomic E-state index is -1.94. The molecule has 0 N–H and O–H groups in total. The number of rotatable bonds is 15. The van der Waals surface area contributed by atoms with Crippen molar-refractivity contribution in [3.05, 3.63) is 179 Å². The molecule has 3 aliphatic rings. The van der Waals surface area contributed by atoms with Crippen molar-refractivity contribution in [3.63, 3.8) is 0 Å². The van der Waals surface area contributed by atoms with Crippen LogP contribution in [0.15, 0.2) is 146 Å². The van der Waals surface area contributed by atoms with Gasteiger partial charge >= 0.3 is 8.60 Å². The van der Waals surface area contributed by atoms with Crippen LogP contribution in [-0.4, -0.2) is 61.0 Å². The summed E-state index contributed by atoms with van der Waals surface area (Å²) in [6.07, 6.45) is 0. The Balaban J connectivity index is 1.11. The molecule has 0 saturated heterocycles. The summed E-state index contributed by atoms with van der Waals surface area (Å²) in [5.74, 6) is 0. The lowest BCUT2D eigenvalue weighted by molar-refractivity contribution is 0.0612. The highest BCUT2D eigenvalue weighted by Crippen LogP contribution is 2.56. The molecule has 0 radical (unpaired) electrons. The van der Waals surface area contributed by atoms with Gasteiger partial charge in [0.1, 0.15) is 0 Å². The summed E-state index contributed by atoms with van der Waals surface area (Å²) in [7, 11) is 3.33. The van der Waals surface area contributed by atoms with Crippen LogP contribution in [0.4, 0.5) is 0 Å². The quantitative estimate of drug-likeness (QED) is 0.0975. The molecule has 55 heavy (non-hydrogen) atoms. The van der Waals surface area contributed by atoms with E-state index in [1.54, 1.807) is 21.3 Å². The molecule has 0 bridgehead atoms. The van der Waals surface area contributed by atoms with E-state index in [1.807, 2.05) is 0 Å². The zero-order valence-corrected chi connectivity index (χ0v) is 32.4. The van der Waals surface area contributed by atoms with Crippen LogP contribution in [-0.2, 0) is 44.0 Å². The van der Waals surface area contributed by atoms with Crippen LogP contribution in [0.3, 0.4) is 0 Å². The Labute approximate surface area is 325 Å². The molecule has 0 fully saturated rings. The van der Waals surface area contributed by atoms with E-state index in [2.05, 4.69) is 146 Å². The first-order chi connectivity index (χ1) is 27.1. The molecule has 6 aromatic carbocycles. The average Bonchev–Trinajstić information content (AvgIpc) is 3.79. The van der Waals surface area contributed by atoms with E-state index in [1.165, 1.54) is 66.8 Å². The molecule has 0 spiro atoms. The molecule has 0 aromatic heterocycles. The molecule has 0 aliphatic heterocycles. The summed E-state index contributed by atoms with van der Waals surface area (Å²) < 4.78 is 39.3. The summed E-state index contributed by atoms with van der Waals surface area (Å²) in [5, 5.41) is 0. The number of methoxy groups -OCH3 is 3.